The molecule has 0 spiro atoms. The van der Waals surface area contributed by atoms with Crippen LogP contribution >= 0.6 is 0 Å². The van der Waals surface area contributed by atoms with Crippen LogP contribution in [0.25, 0.3) is 0 Å². The van der Waals surface area contributed by atoms with Gasteiger partial charge in [0.05, 0.1) is 14.2 Å². The molecule has 1 aromatic carbocycles. The van der Waals surface area contributed by atoms with Crippen LogP contribution in [0.3, 0.4) is 0 Å². The lowest BCUT2D eigenvalue weighted by Gasteiger charge is -2.08. The van der Waals surface area contributed by atoms with Crippen molar-refractivity contribution in [1.29, 1.82) is 0 Å². The van der Waals surface area contributed by atoms with Crippen molar-refractivity contribution in [2.45, 2.75) is 13.3 Å². The van der Waals surface area contributed by atoms with E-state index in [0.29, 0.717) is 23.6 Å². The van der Waals surface area contributed by atoms with E-state index in [2.05, 4.69) is 0 Å². The first-order chi connectivity index (χ1) is 8.06. The van der Waals surface area contributed by atoms with Crippen molar-refractivity contribution in [1.82, 2.24) is 0 Å². The monoisotopic (exact) mass is 235 g/mol. The summed E-state index contributed by atoms with van der Waals surface area (Å²) in [6.45, 7) is 1.69. The first-order valence-corrected chi connectivity index (χ1v) is 5.24. The zero-order valence-corrected chi connectivity index (χ0v) is 10.3. The number of benzene rings is 1. The molecule has 1 rings (SSSR count). The molecule has 17 heavy (non-hydrogen) atoms. The molecule has 92 valence electrons. The average molecular weight is 235 g/mol. The first kappa shape index (κ1) is 13.1. The van der Waals surface area contributed by atoms with E-state index in [1.165, 1.54) is 6.08 Å². The minimum absolute atomic E-state index is 0.0304. The molecule has 0 unspecified atom stereocenters. The molecule has 2 N–H and O–H groups in total. The van der Waals surface area contributed by atoms with Gasteiger partial charge in [-0.25, -0.2) is 0 Å². The van der Waals surface area contributed by atoms with Crippen LogP contribution in [0.5, 0.6) is 11.5 Å². The Morgan fingerprint density at radius 1 is 1.29 bits per heavy atom. The van der Waals surface area contributed by atoms with Crippen LogP contribution in [0.1, 0.15) is 12.5 Å². The second kappa shape index (κ2) is 5.94. The highest BCUT2D eigenvalue weighted by atomic mass is 16.5. The maximum Gasteiger partial charge on any atom is 0.161 e. The van der Waals surface area contributed by atoms with Crippen molar-refractivity contribution in [3.63, 3.8) is 0 Å². The molecule has 0 heterocycles. The maximum absolute atomic E-state index is 11.5. The molecule has 0 bridgehead atoms. The van der Waals surface area contributed by atoms with Crippen LogP contribution < -0.4 is 15.2 Å². The molecule has 0 amide bonds. The number of ketones is 1. The van der Waals surface area contributed by atoms with Gasteiger partial charge >= 0.3 is 0 Å². The number of carbonyl (C=O) groups excluding carboxylic acids is 1. The number of allylic oxidation sites excluding steroid dienone is 2. The van der Waals surface area contributed by atoms with Gasteiger partial charge in [-0.05, 0) is 30.7 Å². The predicted octanol–water partition coefficient (Wildman–Crippen LogP) is 1.68. The van der Waals surface area contributed by atoms with Crippen LogP contribution in [0.15, 0.2) is 30.0 Å². The van der Waals surface area contributed by atoms with Gasteiger partial charge in [-0.15, -0.1) is 0 Å². The van der Waals surface area contributed by atoms with E-state index in [4.69, 9.17) is 15.2 Å². The quantitative estimate of drug-likeness (QED) is 0.789. The minimum Gasteiger partial charge on any atom is -0.493 e. The number of nitrogens with two attached hydrogens (primary N) is 1. The van der Waals surface area contributed by atoms with Gasteiger partial charge in [-0.1, -0.05) is 6.07 Å². The molecular formula is C13H17NO3. The molecule has 0 saturated heterocycles. The Morgan fingerprint density at radius 2 is 1.94 bits per heavy atom. The summed E-state index contributed by atoms with van der Waals surface area (Å²) in [6.07, 6.45) is 1.73. The van der Waals surface area contributed by atoms with Crippen molar-refractivity contribution >= 4 is 5.78 Å². The van der Waals surface area contributed by atoms with Crippen LogP contribution in [0, 0.1) is 0 Å². The molecule has 0 atom stereocenters. The lowest BCUT2D eigenvalue weighted by molar-refractivity contribution is -0.114. The van der Waals surface area contributed by atoms with Crippen molar-refractivity contribution < 1.29 is 14.3 Å². The predicted molar refractivity (Wildman–Crippen MR) is 66.2 cm³/mol. The Balaban J connectivity index is 2.86. The van der Waals surface area contributed by atoms with Crippen molar-refractivity contribution in [3.05, 3.63) is 35.5 Å². The fraction of sp³-hybridized carbons (Fsp3) is 0.308. The fourth-order valence-corrected chi connectivity index (χ4v) is 1.50. The molecule has 0 radical (unpaired) electrons. The Kier molecular flexibility index (Phi) is 4.57. The number of rotatable bonds is 5. The Bertz CT molecular complexity index is 434. The van der Waals surface area contributed by atoms with Gasteiger partial charge in [0.25, 0.3) is 0 Å². The van der Waals surface area contributed by atoms with E-state index >= 15 is 0 Å². The standard InChI is InChI=1S/C13H17NO3/c1-9(14)6-11(15)7-10-4-5-12(16-2)13(8-10)17-3/h4-6,8H,7,14H2,1-3H3/b9-6-. The lowest BCUT2D eigenvalue weighted by atomic mass is 10.1. The summed E-state index contributed by atoms with van der Waals surface area (Å²) in [4.78, 5) is 11.5. The largest absolute Gasteiger partial charge is 0.493 e. The number of hydrogen-bond acceptors (Lipinski definition) is 4. The van der Waals surface area contributed by atoms with Crippen LogP contribution in [0.4, 0.5) is 0 Å². The van der Waals surface area contributed by atoms with Gasteiger partial charge < -0.3 is 15.2 Å². The number of methoxy groups -OCH3 is 2. The first-order valence-electron chi connectivity index (χ1n) is 5.24. The summed E-state index contributed by atoms with van der Waals surface area (Å²) in [7, 11) is 3.14. The second-order valence-electron chi connectivity index (χ2n) is 3.72. The third-order valence-electron chi connectivity index (χ3n) is 2.21. The van der Waals surface area contributed by atoms with E-state index in [0.717, 1.165) is 5.56 Å². The summed E-state index contributed by atoms with van der Waals surface area (Å²) in [5.41, 5.74) is 6.82. The summed E-state index contributed by atoms with van der Waals surface area (Å²) < 4.78 is 10.3. The van der Waals surface area contributed by atoms with E-state index in [1.54, 1.807) is 33.3 Å². The smallest absolute Gasteiger partial charge is 0.161 e. The molecule has 4 heteroatoms. The Labute approximate surface area is 101 Å². The summed E-state index contributed by atoms with van der Waals surface area (Å²) >= 11 is 0. The van der Waals surface area contributed by atoms with Crippen LogP contribution in [-0.2, 0) is 11.2 Å². The molecule has 0 aliphatic carbocycles. The summed E-state index contributed by atoms with van der Waals surface area (Å²) in [6, 6.07) is 5.40. The topological polar surface area (TPSA) is 61.5 Å². The van der Waals surface area contributed by atoms with Gasteiger partial charge in [-0.2, -0.15) is 0 Å². The van der Waals surface area contributed by atoms with Crippen molar-refractivity contribution in [2.24, 2.45) is 5.73 Å². The van der Waals surface area contributed by atoms with Crippen LogP contribution in [0.2, 0.25) is 0 Å². The third-order valence-corrected chi connectivity index (χ3v) is 2.21. The third kappa shape index (κ3) is 3.83. The van der Waals surface area contributed by atoms with Crippen molar-refractivity contribution in [3.8, 4) is 11.5 Å². The summed E-state index contributed by atoms with van der Waals surface area (Å²) in [5, 5.41) is 0. The van der Waals surface area contributed by atoms with Crippen LogP contribution in [-0.4, -0.2) is 20.0 Å². The highest BCUT2D eigenvalue weighted by Gasteiger charge is 2.06. The Hall–Kier alpha value is -1.97. The fourth-order valence-electron chi connectivity index (χ4n) is 1.50. The molecule has 0 saturated carbocycles. The zero-order chi connectivity index (χ0) is 12.8. The average Bonchev–Trinajstić information content (AvgIpc) is 2.27. The van der Waals surface area contributed by atoms with Gasteiger partial charge in [0.1, 0.15) is 0 Å². The SMILES string of the molecule is COc1ccc(CC(=O)/C=C(/C)N)cc1OC. The molecule has 4 nitrogen and oxygen atoms in total. The Morgan fingerprint density at radius 3 is 2.47 bits per heavy atom. The summed E-state index contributed by atoms with van der Waals surface area (Å²) in [5.74, 6) is 1.23. The normalized spacial score (nSPS) is 11.1. The maximum atomic E-state index is 11.5. The van der Waals surface area contributed by atoms with E-state index < -0.39 is 0 Å². The molecule has 0 aliphatic rings. The number of ether oxygens (including phenoxy) is 2. The van der Waals surface area contributed by atoms with Gasteiger partial charge in [0.15, 0.2) is 17.3 Å². The molecule has 0 fully saturated rings. The van der Waals surface area contributed by atoms with E-state index in [-0.39, 0.29) is 5.78 Å². The number of carbonyl (C=O) groups is 1. The highest BCUT2D eigenvalue weighted by Crippen LogP contribution is 2.27. The minimum atomic E-state index is -0.0304. The molecular weight excluding hydrogens is 218 g/mol. The van der Waals surface area contributed by atoms with Crippen molar-refractivity contribution in [2.75, 3.05) is 14.2 Å². The van der Waals surface area contributed by atoms with E-state index in [9.17, 15) is 4.79 Å². The second-order valence-corrected chi connectivity index (χ2v) is 3.72. The van der Waals surface area contributed by atoms with Gasteiger partial charge in [0.2, 0.25) is 0 Å². The van der Waals surface area contributed by atoms with Gasteiger partial charge in [0, 0.05) is 12.1 Å². The van der Waals surface area contributed by atoms with Gasteiger partial charge in [-0.3, -0.25) is 4.79 Å². The molecule has 1 aromatic rings. The molecule has 0 aromatic heterocycles. The highest BCUT2D eigenvalue weighted by molar-refractivity contribution is 5.91. The molecule has 0 aliphatic heterocycles. The lowest BCUT2D eigenvalue weighted by Crippen LogP contribution is -2.03. The zero-order valence-electron chi connectivity index (χ0n) is 10.3. The van der Waals surface area contributed by atoms with E-state index in [1.807, 2.05) is 6.07 Å². The number of hydrogen-bond donors (Lipinski definition) is 1.